The molecule has 12 heavy (non-hydrogen) atoms. The van der Waals surface area contributed by atoms with E-state index >= 15 is 0 Å². The van der Waals surface area contributed by atoms with E-state index in [4.69, 9.17) is 0 Å². The molecule has 0 unspecified atom stereocenters. The van der Waals surface area contributed by atoms with Crippen LogP contribution in [0.3, 0.4) is 0 Å². The smallest absolute Gasteiger partial charge is 0.211 e. The van der Waals surface area contributed by atoms with Crippen molar-refractivity contribution in [3.05, 3.63) is 30.3 Å². The third-order valence-electron chi connectivity index (χ3n) is 1.45. The molecule has 0 bridgehead atoms. The van der Waals surface area contributed by atoms with Crippen LogP contribution in [0.15, 0.2) is 30.3 Å². The fourth-order valence-electron chi connectivity index (χ4n) is 0.868. The Bertz CT molecular complexity index is 208. The molecular formula is C10H14BS. The molecule has 0 atom stereocenters. The highest BCUT2D eigenvalue weighted by atomic mass is 32.2. The molecule has 0 saturated carbocycles. The second kappa shape index (κ2) is 5.31. The van der Waals surface area contributed by atoms with E-state index in [1.165, 1.54) is 11.2 Å². The zero-order chi connectivity index (χ0) is 8.81. The second-order valence-electron chi connectivity index (χ2n) is 3.26. The Morgan fingerprint density at radius 2 is 1.92 bits per heavy atom. The molecule has 0 aliphatic rings. The fourth-order valence-corrected chi connectivity index (χ4v) is 1.70. The Balaban J connectivity index is 2.25. The maximum atomic E-state index is 2.24. The van der Waals surface area contributed by atoms with Gasteiger partial charge < -0.3 is 0 Å². The first-order valence-corrected chi connectivity index (χ1v) is 5.34. The maximum Gasteiger partial charge on any atom is 0.229 e. The first-order valence-electron chi connectivity index (χ1n) is 4.29. The molecule has 0 nitrogen and oxygen atoms in total. The molecule has 0 spiro atoms. The molecule has 0 aliphatic heterocycles. The first-order chi connectivity index (χ1) is 5.79. The molecule has 63 valence electrons. The number of benzene rings is 1. The molecule has 1 aromatic rings. The van der Waals surface area contributed by atoms with Crippen molar-refractivity contribution < 1.29 is 0 Å². The third kappa shape index (κ3) is 3.86. The van der Waals surface area contributed by atoms with Gasteiger partial charge in [-0.15, -0.1) is 0 Å². The van der Waals surface area contributed by atoms with Gasteiger partial charge in [0.1, 0.15) is 0 Å². The average Bonchev–Trinajstić information content (AvgIpc) is 2.05. The summed E-state index contributed by atoms with van der Waals surface area (Å²) in [5, 5.41) is 0. The van der Waals surface area contributed by atoms with Crippen LogP contribution in [0.5, 0.6) is 0 Å². The van der Waals surface area contributed by atoms with Crippen molar-refractivity contribution in [3.63, 3.8) is 0 Å². The van der Waals surface area contributed by atoms with Crippen molar-refractivity contribution >= 4 is 23.6 Å². The number of hydrogen-bond donors (Lipinski definition) is 0. The van der Waals surface area contributed by atoms with E-state index in [9.17, 15) is 0 Å². The standard InChI is InChI=1S/C10H14BS/c1-9(2)8-12-11-10-6-4-3-5-7-10/h3-7,9H,8H2,1-2H3. The van der Waals surface area contributed by atoms with Gasteiger partial charge in [0, 0.05) is 0 Å². The first kappa shape index (κ1) is 9.72. The quantitative estimate of drug-likeness (QED) is 0.636. The van der Waals surface area contributed by atoms with Crippen LogP contribution < -0.4 is 5.46 Å². The van der Waals surface area contributed by atoms with Crippen LogP contribution in [0, 0.1) is 5.92 Å². The lowest BCUT2D eigenvalue weighted by atomic mass is 9.95. The van der Waals surface area contributed by atoms with E-state index in [2.05, 4.69) is 44.7 Å². The molecule has 0 N–H and O–H groups in total. The summed E-state index contributed by atoms with van der Waals surface area (Å²) in [6.07, 6.45) is 0. The van der Waals surface area contributed by atoms with Crippen LogP contribution in [-0.2, 0) is 0 Å². The molecule has 0 aromatic heterocycles. The van der Waals surface area contributed by atoms with Crippen molar-refractivity contribution in [1.29, 1.82) is 0 Å². The number of hydrogen-bond acceptors (Lipinski definition) is 1. The molecule has 1 rings (SSSR count). The largest absolute Gasteiger partial charge is 0.229 e. The van der Waals surface area contributed by atoms with Crippen LogP contribution in [0.2, 0.25) is 0 Å². The van der Waals surface area contributed by atoms with Crippen LogP contribution in [0.25, 0.3) is 0 Å². The van der Waals surface area contributed by atoms with Crippen LogP contribution in [0.1, 0.15) is 13.8 Å². The van der Waals surface area contributed by atoms with Crippen molar-refractivity contribution in [2.75, 3.05) is 5.75 Å². The van der Waals surface area contributed by atoms with E-state index in [-0.39, 0.29) is 0 Å². The van der Waals surface area contributed by atoms with Crippen LogP contribution in [-0.4, -0.2) is 12.3 Å². The zero-order valence-corrected chi connectivity index (χ0v) is 8.47. The predicted molar refractivity (Wildman–Crippen MR) is 59.1 cm³/mol. The zero-order valence-electron chi connectivity index (χ0n) is 7.66. The van der Waals surface area contributed by atoms with E-state index in [0.29, 0.717) is 0 Å². The van der Waals surface area contributed by atoms with Gasteiger partial charge in [-0.05, 0) is 11.7 Å². The highest BCUT2D eigenvalue weighted by molar-refractivity contribution is 8.23. The monoisotopic (exact) mass is 177 g/mol. The third-order valence-corrected chi connectivity index (χ3v) is 2.75. The molecular weight excluding hydrogens is 163 g/mol. The maximum absolute atomic E-state index is 2.24. The lowest BCUT2D eigenvalue weighted by molar-refractivity contribution is 0.752. The second-order valence-corrected chi connectivity index (χ2v) is 4.16. The van der Waals surface area contributed by atoms with Gasteiger partial charge in [-0.3, -0.25) is 0 Å². The molecule has 0 fully saturated rings. The Labute approximate surface area is 79.9 Å². The van der Waals surface area contributed by atoms with Gasteiger partial charge in [-0.1, -0.05) is 49.6 Å². The highest BCUT2D eigenvalue weighted by Gasteiger charge is 1.97. The Kier molecular flexibility index (Phi) is 4.30. The molecule has 0 amide bonds. The van der Waals surface area contributed by atoms with Gasteiger partial charge in [0.05, 0.1) is 0 Å². The van der Waals surface area contributed by atoms with E-state index in [0.717, 1.165) is 5.92 Å². The van der Waals surface area contributed by atoms with Crippen LogP contribution >= 0.6 is 11.6 Å². The fraction of sp³-hybridized carbons (Fsp3) is 0.400. The average molecular weight is 177 g/mol. The van der Waals surface area contributed by atoms with Gasteiger partial charge in [0.2, 0.25) is 6.56 Å². The summed E-state index contributed by atoms with van der Waals surface area (Å²) < 4.78 is 0. The Morgan fingerprint density at radius 1 is 1.25 bits per heavy atom. The van der Waals surface area contributed by atoms with Gasteiger partial charge in [-0.2, -0.15) is 0 Å². The van der Waals surface area contributed by atoms with E-state index in [1.807, 2.05) is 17.7 Å². The summed E-state index contributed by atoms with van der Waals surface area (Å²) in [4.78, 5) is 0. The summed E-state index contributed by atoms with van der Waals surface area (Å²) in [6.45, 7) is 6.71. The van der Waals surface area contributed by atoms with Crippen LogP contribution in [0.4, 0.5) is 0 Å². The Hall–Kier alpha value is -0.365. The molecule has 0 heterocycles. The summed E-state index contributed by atoms with van der Waals surface area (Å²) in [6, 6.07) is 10.5. The molecule has 0 saturated heterocycles. The highest BCUT2D eigenvalue weighted by Crippen LogP contribution is 2.04. The lowest BCUT2D eigenvalue weighted by Crippen LogP contribution is -2.11. The molecule has 2 heteroatoms. The van der Waals surface area contributed by atoms with Crippen molar-refractivity contribution in [1.82, 2.24) is 0 Å². The van der Waals surface area contributed by atoms with Crippen molar-refractivity contribution in [2.24, 2.45) is 5.92 Å². The van der Waals surface area contributed by atoms with E-state index in [1.54, 1.807) is 0 Å². The van der Waals surface area contributed by atoms with Gasteiger partial charge in [-0.25, -0.2) is 11.6 Å². The lowest BCUT2D eigenvalue weighted by Gasteiger charge is -2.02. The van der Waals surface area contributed by atoms with Gasteiger partial charge >= 0.3 is 0 Å². The predicted octanol–water partition coefficient (Wildman–Crippen LogP) is 2.32. The van der Waals surface area contributed by atoms with Gasteiger partial charge in [0.25, 0.3) is 0 Å². The SMILES string of the molecule is CC(C)CS[B]c1ccccc1. The summed E-state index contributed by atoms with van der Waals surface area (Å²) in [5.41, 5.74) is 1.31. The Morgan fingerprint density at radius 3 is 2.50 bits per heavy atom. The minimum Gasteiger partial charge on any atom is -0.211 e. The normalized spacial score (nSPS) is 10.2. The van der Waals surface area contributed by atoms with Crippen molar-refractivity contribution in [3.8, 4) is 0 Å². The molecule has 0 aliphatic carbocycles. The van der Waals surface area contributed by atoms with E-state index < -0.39 is 0 Å². The molecule has 1 radical (unpaired) electrons. The topological polar surface area (TPSA) is 0 Å². The molecule has 1 aromatic carbocycles. The summed E-state index contributed by atoms with van der Waals surface area (Å²) in [7, 11) is 0. The van der Waals surface area contributed by atoms with Crippen molar-refractivity contribution in [2.45, 2.75) is 13.8 Å². The minimum absolute atomic E-state index is 0.773. The number of rotatable bonds is 4. The minimum atomic E-state index is 0.773. The summed E-state index contributed by atoms with van der Waals surface area (Å²) in [5.74, 6) is 1.98. The summed E-state index contributed by atoms with van der Waals surface area (Å²) >= 11 is 1.89. The van der Waals surface area contributed by atoms with Gasteiger partial charge in [0.15, 0.2) is 0 Å².